The Morgan fingerprint density at radius 1 is 1.20 bits per heavy atom. The molecule has 1 aliphatic heterocycles. The van der Waals surface area contributed by atoms with Crippen molar-refractivity contribution < 1.29 is 9.52 Å². The number of piperidine rings is 1. The monoisotopic (exact) mass is 336 g/mol. The third-order valence-corrected chi connectivity index (χ3v) is 5.12. The lowest BCUT2D eigenvalue weighted by Crippen LogP contribution is -2.36. The molecule has 25 heavy (non-hydrogen) atoms. The maximum absolute atomic E-state index is 9.41. The highest BCUT2D eigenvalue weighted by Gasteiger charge is 2.21. The molecular weight excluding hydrogens is 312 g/mol. The van der Waals surface area contributed by atoms with Crippen molar-refractivity contribution in [3.05, 3.63) is 53.9 Å². The molecule has 0 bridgehead atoms. The van der Waals surface area contributed by atoms with E-state index in [9.17, 15) is 5.11 Å². The number of nitrogens with zero attached hydrogens (tertiary/aromatic N) is 2. The Morgan fingerprint density at radius 2 is 2.04 bits per heavy atom. The van der Waals surface area contributed by atoms with E-state index < -0.39 is 0 Å². The molecule has 4 rings (SSSR count). The maximum Gasteiger partial charge on any atom is 0.226 e. The SMILES string of the molecule is Cc1oc(-c2ccc3ccccc3c2)nc1CN1CCCC(CO)C1. The average Bonchev–Trinajstić information content (AvgIpc) is 3.02. The zero-order valence-corrected chi connectivity index (χ0v) is 14.6. The summed E-state index contributed by atoms with van der Waals surface area (Å²) in [5.41, 5.74) is 2.02. The standard InChI is InChI=1S/C21H24N2O2/c1-15-20(13-23-10-4-5-16(12-23)14-24)22-21(25-15)19-9-8-17-6-2-3-7-18(17)11-19/h2-3,6-9,11,16,24H,4-5,10,12-14H2,1H3. The van der Waals surface area contributed by atoms with Crippen LogP contribution in [0.4, 0.5) is 0 Å². The molecule has 4 nitrogen and oxygen atoms in total. The molecule has 1 atom stereocenters. The van der Waals surface area contributed by atoms with Crippen LogP contribution >= 0.6 is 0 Å². The van der Waals surface area contributed by atoms with Crippen molar-refractivity contribution in [1.82, 2.24) is 9.88 Å². The molecule has 1 N–H and O–H groups in total. The van der Waals surface area contributed by atoms with Gasteiger partial charge in [0.05, 0.1) is 5.69 Å². The number of aliphatic hydroxyl groups is 1. The van der Waals surface area contributed by atoms with Crippen LogP contribution in [0.5, 0.6) is 0 Å². The van der Waals surface area contributed by atoms with Gasteiger partial charge in [0, 0.05) is 25.3 Å². The van der Waals surface area contributed by atoms with Crippen LogP contribution in [0.2, 0.25) is 0 Å². The summed E-state index contributed by atoms with van der Waals surface area (Å²) in [5, 5.41) is 11.8. The van der Waals surface area contributed by atoms with Gasteiger partial charge >= 0.3 is 0 Å². The van der Waals surface area contributed by atoms with E-state index in [0.717, 1.165) is 49.5 Å². The summed E-state index contributed by atoms with van der Waals surface area (Å²) in [5.74, 6) is 1.96. The summed E-state index contributed by atoms with van der Waals surface area (Å²) < 4.78 is 5.96. The highest BCUT2D eigenvalue weighted by molar-refractivity contribution is 5.86. The minimum Gasteiger partial charge on any atom is -0.441 e. The largest absolute Gasteiger partial charge is 0.441 e. The zero-order valence-electron chi connectivity index (χ0n) is 14.6. The van der Waals surface area contributed by atoms with Crippen molar-refractivity contribution in [1.29, 1.82) is 0 Å². The molecule has 0 aliphatic carbocycles. The van der Waals surface area contributed by atoms with E-state index in [1.54, 1.807) is 0 Å². The minimum atomic E-state index is 0.274. The predicted molar refractivity (Wildman–Crippen MR) is 99.3 cm³/mol. The van der Waals surface area contributed by atoms with Crippen LogP contribution in [0, 0.1) is 12.8 Å². The van der Waals surface area contributed by atoms with Crippen molar-refractivity contribution in [2.24, 2.45) is 5.92 Å². The third kappa shape index (κ3) is 3.46. The smallest absolute Gasteiger partial charge is 0.226 e. The van der Waals surface area contributed by atoms with Crippen molar-refractivity contribution in [2.45, 2.75) is 26.3 Å². The molecule has 0 amide bonds. The summed E-state index contributed by atoms with van der Waals surface area (Å²) >= 11 is 0. The normalized spacial score (nSPS) is 18.7. The number of hydrogen-bond donors (Lipinski definition) is 1. The number of likely N-dealkylation sites (tertiary alicyclic amines) is 1. The lowest BCUT2D eigenvalue weighted by molar-refractivity contribution is 0.115. The molecule has 1 aromatic heterocycles. The van der Waals surface area contributed by atoms with E-state index in [0.29, 0.717) is 11.8 Å². The molecular formula is C21H24N2O2. The van der Waals surface area contributed by atoms with Gasteiger partial charge in [0.25, 0.3) is 0 Å². The minimum absolute atomic E-state index is 0.274. The van der Waals surface area contributed by atoms with Crippen LogP contribution in [0.1, 0.15) is 24.3 Å². The van der Waals surface area contributed by atoms with Gasteiger partial charge in [-0.25, -0.2) is 4.98 Å². The Morgan fingerprint density at radius 3 is 2.88 bits per heavy atom. The van der Waals surface area contributed by atoms with E-state index in [2.05, 4.69) is 35.2 Å². The van der Waals surface area contributed by atoms with Crippen molar-refractivity contribution >= 4 is 10.8 Å². The predicted octanol–water partition coefficient (Wildman–Crippen LogP) is 4.01. The fourth-order valence-corrected chi connectivity index (χ4v) is 3.68. The van der Waals surface area contributed by atoms with E-state index in [-0.39, 0.29) is 6.61 Å². The Kier molecular flexibility index (Phi) is 4.55. The molecule has 130 valence electrons. The van der Waals surface area contributed by atoms with Gasteiger partial charge in [0.15, 0.2) is 0 Å². The summed E-state index contributed by atoms with van der Waals surface area (Å²) in [6.07, 6.45) is 2.26. The fourth-order valence-electron chi connectivity index (χ4n) is 3.68. The first-order valence-electron chi connectivity index (χ1n) is 9.01. The van der Waals surface area contributed by atoms with Gasteiger partial charge in [-0.1, -0.05) is 30.3 Å². The number of fused-ring (bicyclic) bond motifs is 1. The number of aryl methyl sites for hydroxylation is 1. The second kappa shape index (κ2) is 6.98. The first kappa shape index (κ1) is 16.3. The maximum atomic E-state index is 9.41. The fraction of sp³-hybridized carbons (Fsp3) is 0.381. The Balaban J connectivity index is 1.56. The van der Waals surface area contributed by atoms with Crippen LogP contribution < -0.4 is 0 Å². The Labute approximate surface area is 148 Å². The second-order valence-electron chi connectivity index (χ2n) is 7.01. The van der Waals surface area contributed by atoms with Gasteiger partial charge in [-0.2, -0.15) is 0 Å². The number of rotatable bonds is 4. The number of oxazole rings is 1. The van der Waals surface area contributed by atoms with Crippen LogP contribution in [0.25, 0.3) is 22.2 Å². The molecule has 1 aliphatic rings. The molecule has 1 unspecified atom stereocenters. The molecule has 3 aromatic rings. The van der Waals surface area contributed by atoms with Gasteiger partial charge in [-0.15, -0.1) is 0 Å². The molecule has 1 saturated heterocycles. The van der Waals surface area contributed by atoms with E-state index in [1.165, 1.54) is 10.8 Å². The number of aromatic nitrogens is 1. The summed E-state index contributed by atoms with van der Waals surface area (Å²) in [6.45, 7) is 5.05. The van der Waals surface area contributed by atoms with E-state index in [4.69, 9.17) is 9.40 Å². The topological polar surface area (TPSA) is 49.5 Å². The molecule has 4 heteroatoms. The summed E-state index contributed by atoms with van der Waals surface area (Å²) in [7, 11) is 0. The number of hydrogen-bond acceptors (Lipinski definition) is 4. The van der Waals surface area contributed by atoms with Crippen LogP contribution in [0.3, 0.4) is 0 Å². The van der Waals surface area contributed by atoms with Crippen LogP contribution in [-0.2, 0) is 6.54 Å². The zero-order chi connectivity index (χ0) is 17.2. The Bertz CT molecular complexity index is 871. The Hall–Kier alpha value is -2.17. The van der Waals surface area contributed by atoms with E-state index >= 15 is 0 Å². The van der Waals surface area contributed by atoms with Gasteiger partial charge in [0.1, 0.15) is 5.76 Å². The highest BCUT2D eigenvalue weighted by atomic mass is 16.4. The lowest BCUT2D eigenvalue weighted by atomic mass is 9.99. The van der Waals surface area contributed by atoms with Gasteiger partial charge in [-0.05, 0) is 55.1 Å². The molecule has 0 spiro atoms. The van der Waals surface area contributed by atoms with Crippen molar-refractivity contribution in [3.8, 4) is 11.5 Å². The van der Waals surface area contributed by atoms with Gasteiger partial charge < -0.3 is 9.52 Å². The average molecular weight is 336 g/mol. The van der Waals surface area contributed by atoms with Crippen molar-refractivity contribution in [3.63, 3.8) is 0 Å². The first-order valence-corrected chi connectivity index (χ1v) is 9.01. The molecule has 2 heterocycles. The second-order valence-corrected chi connectivity index (χ2v) is 7.01. The van der Waals surface area contributed by atoms with Gasteiger partial charge in [0.2, 0.25) is 5.89 Å². The number of aliphatic hydroxyl groups excluding tert-OH is 1. The molecule has 0 saturated carbocycles. The summed E-state index contributed by atoms with van der Waals surface area (Å²) in [4.78, 5) is 7.14. The lowest BCUT2D eigenvalue weighted by Gasteiger charge is -2.31. The highest BCUT2D eigenvalue weighted by Crippen LogP contribution is 2.27. The molecule has 0 radical (unpaired) electrons. The van der Waals surface area contributed by atoms with Crippen molar-refractivity contribution in [2.75, 3.05) is 19.7 Å². The van der Waals surface area contributed by atoms with Crippen LogP contribution in [-0.4, -0.2) is 34.7 Å². The quantitative estimate of drug-likeness (QED) is 0.782. The third-order valence-electron chi connectivity index (χ3n) is 5.12. The molecule has 2 aromatic carbocycles. The van der Waals surface area contributed by atoms with E-state index in [1.807, 2.05) is 19.1 Å². The van der Waals surface area contributed by atoms with Gasteiger partial charge in [-0.3, -0.25) is 4.90 Å². The summed E-state index contributed by atoms with van der Waals surface area (Å²) in [6, 6.07) is 14.6. The first-order chi connectivity index (χ1) is 12.2. The van der Waals surface area contributed by atoms with Crippen LogP contribution in [0.15, 0.2) is 46.9 Å². The molecule has 1 fully saturated rings. The number of benzene rings is 2.